The molecule has 8 heteroatoms. The Morgan fingerprint density at radius 1 is 1.22 bits per heavy atom. The fourth-order valence-electron chi connectivity index (χ4n) is 1.87. The molecule has 0 saturated heterocycles. The molecule has 1 aromatic carbocycles. The largest absolute Gasteiger partial charge is 0.356 e. The maximum Gasteiger partial charge on any atom is 0.191 e. The van der Waals surface area contributed by atoms with Crippen molar-refractivity contribution < 1.29 is 8.78 Å². The first-order valence-electron chi connectivity index (χ1n) is 6.71. The molecule has 0 fully saturated rings. The molecule has 23 heavy (non-hydrogen) atoms. The molecule has 2 N–H and O–H groups in total. The Balaban J connectivity index is 0.00000264. The van der Waals surface area contributed by atoms with E-state index in [1.807, 2.05) is 6.07 Å². The maximum atomic E-state index is 13.5. The number of hydrogen-bond donors (Lipinski definition) is 2. The second-order valence-corrected chi connectivity index (χ2v) is 7.09. The number of thiophene rings is 1. The number of halogens is 4. The van der Waals surface area contributed by atoms with E-state index in [0.29, 0.717) is 12.5 Å². The highest BCUT2D eigenvalue weighted by atomic mass is 127. The molecule has 1 aromatic heterocycles. The van der Waals surface area contributed by atoms with Gasteiger partial charge in [-0.05, 0) is 52.7 Å². The molecule has 0 spiro atoms. The molecule has 0 aliphatic heterocycles. The first kappa shape index (κ1) is 20.3. The van der Waals surface area contributed by atoms with E-state index < -0.39 is 11.6 Å². The van der Waals surface area contributed by atoms with Crippen molar-refractivity contribution in [2.45, 2.75) is 13.0 Å². The van der Waals surface area contributed by atoms with Crippen molar-refractivity contribution >= 4 is 57.2 Å². The molecule has 1 heterocycles. The van der Waals surface area contributed by atoms with E-state index in [-0.39, 0.29) is 36.1 Å². The minimum absolute atomic E-state index is 0. The van der Waals surface area contributed by atoms with Crippen LogP contribution in [0.3, 0.4) is 0 Å². The highest BCUT2D eigenvalue weighted by Crippen LogP contribution is 2.22. The van der Waals surface area contributed by atoms with Gasteiger partial charge in [-0.2, -0.15) is 0 Å². The summed E-state index contributed by atoms with van der Waals surface area (Å²) in [6.45, 7) is 0.881. The van der Waals surface area contributed by atoms with Crippen LogP contribution in [-0.2, 0) is 13.0 Å². The summed E-state index contributed by atoms with van der Waals surface area (Å²) in [5, 5.41) is 6.12. The van der Waals surface area contributed by atoms with Crippen LogP contribution < -0.4 is 10.6 Å². The van der Waals surface area contributed by atoms with Crippen molar-refractivity contribution in [2.24, 2.45) is 4.99 Å². The summed E-state index contributed by atoms with van der Waals surface area (Å²) in [6.07, 6.45) is 0.866. The van der Waals surface area contributed by atoms with Gasteiger partial charge in [0.1, 0.15) is 11.6 Å². The first-order valence-corrected chi connectivity index (χ1v) is 8.32. The van der Waals surface area contributed by atoms with Crippen LogP contribution in [0, 0.1) is 11.6 Å². The molecule has 3 nitrogen and oxygen atoms in total. The Morgan fingerprint density at radius 2 is 2.00 bits per heavy atom. The van der Waals surface area contributed by atoms with Crippen LogP contribution in [0.4, 0.5) is 8.78 Å². The van der Waals surface area contributed by atoms with Crippen molar-refractivity contribution in [3.05, 3.63) is 56.2 Å². The molecule has 0 saturated carbocycles. The molecule has 0 atom stereocenters. The van der Waals surface area contributed by atoms with Gasteiger partial charge in [0.2, 0.25) is 0 Å². The Kier molecular flexibility index (Phi) is 9.00. The quantitative estimate of drug-likeness (QED) is 0.353. The minimum Gasteiger partial charge on any atom is -0.356 e. The molecule has 0 aliphatic rings. The normalized spacial score (nSPS) is 11.0. The second kappa shape index (κ2) is 10.2. The van der Waals surface area contributed by atoms with Crippen LogP contribution in [0.15, 0.2) is 39.1 Å². The van der Waals surface area contributed by atoms with Crippen LogP contribution in [0.5, 0.6) is 0 Å². The van der Waals surface area contributed by atoms with Crippen LogP contribution >= 0.6 is 51.2 Å². The zero-order valence-corrected chi connectivity index (χ0v) is 17.1. The summed E-state index contributed by atoms with van der Waals surface area (Å²) in [5.74, 6) is -0.337. The van der Waals surface area contributed by atoms with Gasteiger partial charge in [0, 0.05) is 30.6 Å². The van der Waals surface area contributed by atoms with Gasteiger partial charge >= 0.3 is 0 Å². The fraction of sp³-hybridized carbons (Fsp3) is 0.267. The maximum absolute atomic E-state index is 13.5. The summed E-state index contributed by atoms with van der Waals surface area (Å²) in [5.41, 5.74) is 0.269. The summed E-state index contributed by atoms with van der Waals surface area (Å²) in [7, 11) is 1.64. The zero-order valence-electron chi connectivity index (χ0n) is 12.4. The zero-order chi connectivity index (χ0) is 15.9. The van der Waals surface area contributed by atoms with Gasteiger partial charge in [0.25, 0.3) is 0 Å². The Bertz CT molecular complexity index is 664. The number of nitrogens with one attached hydrogen (secondary N) is 2. The third-order valence-electron chi connectivity index (χ3n) is 2.97. The molecular formula is C15H17BrF2IN3S. The van der Waals surface area contributed by atoms with Gasteiger partial charge < -0.3 is 10.6 Å². The van der Waals surface area contributed by atoms with Gasteiger partial charge in [-0.15, -0.1) is 35.3 Å². The van der Waals surface area contributed by atoms with E-state index in [0.717, 1.165) is 22.3 Å². The van der Waals surface area contributed by atoms with E-state index >= 15 is 0 Å². The summed E-state index contributed by atoms with van der Waals surface area (Å²) < 4.78 is 27.7. The summed E-state index contributed by atoms with van der Waals surface area (Å²) >= 11 is 5.11. The van der Waals surface area contributed by atoms with Gasteiger partial charge in [0.15, 0.2) is 5.96 Å². The van der Waals surface area contributed by atoms with Crippen molar-refractivity contribution in [1.29, 1.82) is 0 Å². The molecule has 0 aliphatic carbocycles. The number of benzene rings is 1. The predicted molar refractivity (Wildman–Crippen MR) is 106 cm³/mol. The van der Waals surface area contributed by atoms with E-state index in [4.69, 9.17) is 0 Å². The monoisotopic (exact) mass is 515 g/mol. The molecular weight excluding hydrogens is 499 g/mol. The molecule has 0 bridgehead atoms. The molecule has 0 unspecified atom stereocenters. The number of nitrogens with zero attached hydrogens (tertiary/aromatic N) is 1. The molecule has 2 rings (SSSR count). The third-order valence-corrected chi connectivity index (χ3v) is 4.65. The highest BCUT2D eigenvalue weighted by molar-refractivity contribution is 14.0. The van der Waals surface area contributed by atoms with Crippen molar-refractivity contribution in [2.75, 3.05) is 13.6 Å². The van der Waals surface area contributed by atoms with E-state index in [1.54, 1.807) is 18.4 Å². The number of guanidine groups is 1. The number of hydrogen-bond acceptors (Lipinski definition) is 2. The highest BCUT2D eigenvalue weighted by Gasteiger charge is 2.05. The lowest BCUT2D eigenvalue weighted by Gasteiger charge is -2.12. The van der Waals surface area contributed by atoms with Gasteiger partial charge in [-0.3, -0.25) is 4.99 Å². The minimum atomic E-state index is -0.454. The molecule has 126 valence electrons. The third kappa shape index (κ3) is 6.72. The first-order chi connectivity index (χ1) is 10.6. The molecule has 2 aromatic rings. The smallest absolute Gasteiger partial charge is 0.191 e. The standard InChI is InChI=1S/C15H16BrF2N3S.HI/c1-19-15(20-7-6-12-3-5-14(16)22-12)21-9-10-8-11(17)2-4-13(10)18;/h2-5,8H,6-7,9H2,1H3,(H2,19,20,21);1H. The number of rotatable bonds is 5. The average Bonchev–Trinajstić information content (AvgIpc) is 2.91. The lowest BCUT2D eigenvalue weighted by molar-refractivity contribution is 0.581. The van der Waals surface area contributed by atoms with Crippen LogP contribution in [0.2, 0.25) is 0 Å². The molecule has 0 amide bonds. The average molecular weight is 516 g/mol. The second-order valence-electron chi connectivity index (χ2n) is 4.54. The van der Waals surface area contributed by atoms with Gasteiger partial charge in [-0.25, -0.2) is 8.78 Å². The van der Waals surface area contributed by atoms with Gasteiger partial charge in [0.05, 0.1) is 3.79 Å². The predicted octanol–water partition coefficient (Wildman–Crippen LogP) is 4.31. The van der Waals surface area contributed by atoms with Crippen molar-refractivity contribution in [1.82, 2.24) is 10.6 Å². The van der Waals surface area contributed by atoms with Crippen LogP contribution in [0.1, 0.15) is 10.4 Å². The van der Waals surface area contributed by atoms with Gasteiger partial charge in [-0.1, -0.05) is 0 Å². The lowest BCUT2D eigenvalue weighted by Crippen LogP contribution is -2.38. The fourth-order valence-corrected chi connectivity index (χ4v) is 3.35. The summed E-state index contributed by atoms with van der Waals surface area (Å²) in [4.78, 5) is 5.32. The SMILES string of the molecule is CN=C(NCCc1ccc(Br)s1)NCc1cc(F)ccc1F.I. The Morgan fingerprint density at radius 3 is 2.65 bits per heavy atom. The van der Waals surface area contributed by atoms with E-state index in [1.165, 1.54) is 10.9 Å². The summed E-state index contributed by atoms with van der Waals surface area (Å²) in [6, 6.07) is 7.48. The Labute approximate surface area is 163 Å². The van der Waals surface area contributed by atoms with Crippen LogP contribution in [-0.4, -0.2) is 19.6 Å². The van der Waals surface area contributed by atoms with Crippen molar-refractivity contribution in [3.63, 3.8) is 0 Å². The van der Waals surface area contributed by atoms with Crippen LogP contribution in [0.25, 0.3) is 0 Å². The van der Waals surface area contributed by atoms with E-state index in [2.05, 4.69) is 37.6 Å². The lowest BCUT2D eigenvalue weighted by atomic mass is 10.2. The van der Waals surface area contributed by atoms with Crippen molar-refractivity contribution in [3.8, 4) is 0 Å². The van der Waals surface area contributed by atoms with E-state index in [9.17, 15) is 8.78 Å². The number of aliphatic imine (C=N–C) groups is 1. The topological polar surface area (TPSA) is 36.4 Å². The Hall–Kier alpha value is -0.740. The molecule has 0 radical (unpaired) electrons.